The number of rotatable bonds is 5. The van der Waals surface area contributed by atoms with Crippen LogP contribution < -0.4 is 0 Å². The maximum atomic E-state index is 12.7. The molecule has 6 nitrogen and oxygen atoms in total. The zero-order valence-corrected chi connectivity index (χ0v) is 12.7. The zero-order chi connectivity index (χ0) is 15.5. The number of carbonyl (C=O) groups is 1. The number of sulfonamides is 1. The van der Waals surface area contributed by atoms with Gasteiger partial charge in [-0.1, -0.05) is 12.1 Å². The SMILES string of the molecule is CCOC1CCCN(S(=O)(=O)c2ccccc2C(=O)O)C1. The maximum absolute atomic E-state index is 12.7. The molecule has 1 N–H and O–H groups in total. The second-order valence-corrected chi connectivity index (χ2v) is 6.79. The third-order valence-corrected chi connectivity index (χ3v) is 5.40. The van der Waals surface area contributed by atoms with Crippen LogP contribution >= 0.6 is 0 Å². The molecule has 1 atom stereocenters. The summed E-state index contributed by atoms with van der Waals surface area (Å²) in [5, 5.41) is 9.16. The van der Waals surface area contributed by atoms with Gasteiger partial charge in [0, 0.05) is 19.7 Å². The fraction of sp³-hybridized carbons (Fsp3) is 0.500. The molecule has 0 aromatic heterocycles. The van der Waals surface area contributed by atoms with Gasteiger partial charge in [0.05, 0.1) is 16.6 Å². The van der Waals surface area contributed by atoms with Gasteiger partial charge in [0.1, 0.15) is 0 Å². The molecule has 2 rings (SSSR count). The van der Waals surface area contributed by atoms with Gasteiger partial charge in [0.2, 0.25) is 10.0 Å². The summed E-state index contributed by atoms with van der Waals surface area (Å²) < 4.78 is 32.2. The molecule has 116 valence electrons. The average Bonchev–Trinajstić information content (AvgIpc) is 2.48. The maximum Gasteiger partial charge on any atom is 0.337 e. The molecule has 1 aliphatic rings. The molecule has 0 aliphatic carbocycles. The van der Waals surface area contributed by atoms with E-state index >= 15 is 0 Å². The number of carboxylic acid groups (broad SMARTS) is 1. The van der Waals surface area contributed by atoms with Gasteiger partial charge < -0.3 is 9.84 Å². The van der Waals surface area contributed by atoms with E-state index in [0.717, 1.165) is 6.42 Å². The molecule has 0 spiro atoms. The second-order valence-electron chi connectivity index (χ2n) is 4.88. The van der Waals surface area contributed by atoms with E-state index in [-0.39, 0.29) is 23.1 Å². The number of carboxylic acids is 1. The van der Waals surface area contributed by atoms with Crippen LogP contribution in [0.25, 0.3) is 0 Å². The molecule has 21 heavy (non-hydrogen) atoms. The minimum absolute atomic E-state index is 0.129. The van der Waals surface area contributed by atoms with E-state index < -0.39 is 16.0 Å². The van der Waals surface area contributed by atoms with Crippen LogP contribution in [-0.4, -0.2) is 49.6 Å². The molecule has 0 amide bonds. The summed E-state index contributed by atoms with van der Waals surface area (Å²) in [5.74, 6) is -1.24. The predicted molar refractivity (Wildman–Crippen MR) is 76.8 cm³/mol. The lowest BCUT2D eigenvalue weighted by atomic mass is 10.1. The van der Waals surface area contributed by atoms with Crippen molar-refractivity contribution in [3.05, 3.63) is 29.8 Å². The number of benzene rings is 1. The van der Waals surface area contributed by atoms with Gasteiger partial charge in [-0.3, -0.25) is 0 Å². The van der Waals surface area contributed by atoms with Gasteiger partial charge in [0.25, 0.3) is 0 Å². The van der Waals surface area contributed by atoms with Crippen molar-refractivity contribution < 1.29 is 23.1 Å². The molecule has 1 unspecified atom stereocenters. The Morgan fingerprint density at radius 1 is 1.43 bits per heavy atom. The third-order valence-electron chi connectivity index (χ3n) is 3.48. The normalized spacial score (nSPS) is 20.3. The largest absolute Gasteiger partial charge is 0.478 e. The average molecular weight is 313 g/mol. The Morgan fingerprint density at radius 2 is 2.14 bits per heavy atom. The van der Waals surface area contributed by atoms with Crippen molar-refractivity contribution in [2.24, 2.45) is 0 Å². The Labute approximate surface area is 124 Å². The van der Waals surface area contributed by atoms with Crippen molar-refractivity contribution in [3.63, 3.8) is 0 Å². The summed E-state index contributed by atoms with van der Waals surface area (Å²) in [6.45, 7) is 3.06. The lowest BCUT2D eigenvalue weighted by Gasteiger charge is -2.31. The Morgan fingerprint density at radius 3 is 2.81 bits per heavy atom. The number of ether oxygens (including phenoxy) is 1. The number of hydrogen-bond donors (Lipinski definition) is 1. The smallest absolute Gasteiger partial charge is 0.337 e. The van der Waals surface area contributed by atoms with E-state index in [9.17, 15) is 13.2 Å². The summed E-state index contributed by atoms with van der Waals surface area (Å²) in [7, 11) is -3.82. The van der Waals surface area contributed by atoms with Crippen molar-refractivity contribution in [2.75, 3.05) is 19.7 Å². The third kappa shape index (κ3) is 3.42. The molecule has 1 fully saturated rings. The quantitative estimate of drug-likeness (QED) is 0.892. The summed E-state index contributed by atoms with van der Waals surface area (Å²) in [6, 6.07) is 5.69. The van der Waals surface area contributed by atoms with Crippen LogP contribution in [-0.2, 0) is 14.8 Å². The van der Waals surface area contributed by atoms with Gasteiger partial charge in [-0.25, -0.2) is 13.2 Å². The lowest BCUT2D eigenvalue weighted by molar-refractivity contribution is 0.0265. The molecule has 0 saturated carbocycles. The standard InChI is InChI=1S/C14H19NO5S/c1-2-20-11-6-5-9-15(10-11)21(18,19)13-8-4-3-7-12(13)14(16)17/h3-4,7-8,11H,2,5-6,9-10H2,1H3,(H,16,17). The van der Waals surface area contributed by atoms with E-state index in [1.807, 2.05) is 6.92 Å². The van der Waals surface area contributed by atoms with Crippen molar-refractivity contribution in [1.82, 2.24) is 4.31 Å². The molecule has 1 heterocycles. The van der Waals surface area contributed by atoms with Crippen LogP contribution in [0, 0.1) is 0 Å². The van der Waals surface area contributed by atoms with Crippen molar-refractivity contribution in [2.45, 2.75) is 30.8 Å². The number of aromatic carboxylic acids is 1. The van der Waals surface area contributed by atoms with Crippen LogP contribution in [0.5, 0.6) is 0 Å². The van der Waals surface area contributed by atoms with E-state index in [0.29, 0.717) is 19.6 Å². The highest BCUT2D eigenvalue weighted by atomic mass is 32.2. The van der Waals surface area contributed by atoms with Crippen LogP contribution in [0.15, 0.2) is 29.2 Å². The minimum atomic E-state index is -3.82. The molecule has 1 saturated heterocycles. The van der Waals surface area contributed by atoms with Gasteiger partial charge in [0.15, 0.2) is 0 Å². The summed E-state index contributed by atoms with van der Waals surface area (Å²) in [6.07, 6.45) is 1.40. The number of hydrogen-bond acceptors (Lipinski definition) is 4. The Hall–Kier alpha value is -1.44. The minimum Gasteiger partial charge on any atom is -0.478 e. The van der Waals surface area contributed by atoms with Gasteiger partial charge in [-0.15, -0.1) is 0 Å². The molecule has 7 heteroatoms. The monoisotopic (exact) mass is 313 g/mol. The topological polar surface area (TPSA) is 83.9 Å². The van der Waals surface area contributed by atoms with Crippen LogP contribution in [0.4, 0.5) is 0 Å². The molecule has 1 aromatic rings. The lowest BCUT2D eigenvalue weighted by Crippen LogP contribution is -2.43. The fourth-order valence-corrected chi connectivity index (χ4v) is 4.20. The first kappa shape index (κ1) is 15.9. The molecule has 1 aromatic carbocycles. The molecule has 0 radical (unpaired) electrons. The number of nitrogens with zero attached hydrogens (tertiary/aromatic N) is 1. The van der Waals surface area contributed by atoms with Crippen molar-refractivity contribution in [1.29, 1.82) is 0 Å². The van der Waals surface area contributed by atoms with E-state index in [4.69, 9.17) is 9.84 Å². The molecule has 1 aliphatic heterocycles. The highest BCUT2D eigenvalue weighted by Crippen LogP contribution is 2.24. The second kappa shape index (κ2) is 6.55. The fourth-order valence-electron chi connectivity index (χ4n) is 2.50. The van der Waals surface area contributed by atoms with Gasteiger partial charge in [-0.05, 0) is 31.9 Å². The van der Waals surface area contributed by atoms with Crippen molar-refractivity contribution >= 4 is 16.0 Å². The van der Waals surface area contributed by atoms with E-state index in [2.05, 4.69) is 0 Å². The summed E-state index contributed by atoms with van der Waals surface area (Å²) in [5.41, 5.74) is -0.198. The van der Waals surface area contributed by atoms with Crippen LogP contribution in [0.1, 0.15) is 30.1 Å². The van der Waals surface area contributed by atoms with E-state index in [1.54, 1.807) is 0 Å². The predicted octanol–water partition coefficient (Wildman–Crippen LogP) is 1.57. The highest BCUT2D eigenvalue weighted by Gasteiger charge is 2.32. The van der Waals surface area contributed by atoms with Gasteiger partial charge >= 0.3 is 5.97 Å². The molecule has 0 bridgehead atoms. The Balaban J connectivity index is 2.32. The van der Waals surface area contributed by atoms with Crippen LogP contribution in [0.2, 0.25) is 0 Å². The summed E-state index contributed by atoms with van der Waals surface area (Å²) >= 11 is 0. The number of piperidine rings is 1. The zero-order valence-electron chi connectivity index (χ0n) is 11.9. The first-order valence-electron chi connectivity index (χ1n) is 6.91. The van der Waals surface area contributed by atoms with Crippen molar-refractivity contribution in [3.8, 4) is 0 Å². The summed E-state index contributed by atoms with van der Waals surface area (Å²) in [4.78, 5) is 11.1. The molecular weight excluding hydrogens is 294 g/mol. The first-order chi connectivity index (χ1) is 9.96. The Bertz CT molecular complexity index is 612. The molecular formula is C14H19NO5S. The highest BCUT2D eigenvalue weighted by molar-refractivity contribution is 7.89. The first-order valence-corrected chi connectivity index (χ1v) is 8.35. The van der Waals surface area contributed by atoms with E-state index in [1.165, 1.54) is 28.6 Å². The Kier molecular flexibility index (Phi) is 4.97. The van der Waals surface area contributed by atoms with Gasteiger partial charge in [-0.2, -0.15) is 4.31 Å². The van der Waals surface area contributed by atoms with Crippen LogP contribution in [0.3, 0.4) is 0 Å².